The summed E-state index contributed by atoms with van der Waals surface area (Å²) >= 11 is 0. The molecule has 0 saturated carbocycles. The minimum Gasteiger partial charge on any atom is -0.369 e. The van der Waals surface area contributed by atoms with Crippen molar-refractivity contribution >= 4 is 17.4 Å². The Balaban J connectivity index is 1.38. The molecule has 1 amide bonds. The van der Waals surface area contributed by atoms with Gasteiger partial charge in [0.2, 0.25) is 0 Å². The number of nitrogens with zero attached hydrogens (tertiary/aromatic N) is 5. The van der Waals surface area contributed by atoms with Crippen LogP contribution >= 0.6 is 0 Å². The molecule has 1 aliphatic heterocycles. The third kappa shape index (κ3) is 6.30. The van der Waals surface area contributed by atoms with E-state index in [1.54, 1.807) is 18.2 Å². The molecule has 1 fully saturated rings. The Morgan fingerprint density at radius 1 is 1.10 bits per heavy atom. The summed E-state index contributed by atoms with van der Waals surface area (Å²) in [6, 6.07) is 8.85. The third-order valence-electron chi connectivity index (χ3n) is 5.19. The van der Waals surface area contributed by atoms with Crippen molar-refractivity contribution < 1.29 is 18.0 Å². The van der Waals surface area contributed by atoms with Crippen LogP contribution < -0.4 is 15.1 Å². The van der Waals surface area contributed by atoms with Crippen LogP contribution in [-0.4, -0.2) is 74.4 Å². The molecule has 10 heteroatoms. The first-order valence-corrected chi connectivity index (χ1v) is 10.2. The highest BCUT2D eigenvalue weighted by Gasteiger charge is 2.31. The van der Waals surface area contributed by atoms with Crippen LogP contribution in [0.4, 0.5) is 24.7 Å². The predicted molar refractivity (Wildman–Crippen MR) is 113 cm³/mol. The zero-order valence-electron chi connectivity index (χ0n) is 17.7. The van der Waals surface area contributed by atoms with Gasteiger partial charge in [-0.2, -0.15) is 13.2 Å². The predicted octanol–water partition coefficient (Wildman–Crippen LogP) is 2.50. The minimum absolute atomic E-state index is 0.257. The minimum atomic E-state index is -4.33. The lowest BCUT2D eigenvalue weighted by molar-refractivity contribution is -0.137. The molecule has 1 saturated heterocycles. The number of rotatable bonds is 7. The van der Waals surface area contributed by atoms with E-state index in [2.05, 4.69) is 20.4 Å². The molecule has 0 radical (unpaired) electrons. The van der Waals surface area contributed by atoms with Crippen molar-refractivity contribution in [2.24, 2.45) is 0 Å². The van der Waals surface area contributed by atoms with Gasteiger partial charge in [-0.05, 0) is 43.3 Å². The highest BCUT2D eigenvalue weighted by Crippen LogP contribution is 2.31. The maximum absolute atomic E-state index is 12.9. The van der Waals surface area contributed by atoms with Crippen LogP contribution in [0.1, 0.15) is 22.5 Å². The average Bonchev–Trinajstić information content (AvgIpc) is 2.76. The normalized spacial score (nSPS) is 15.1. The monoisotopic (exact) mass is 436 g/mol. The fourth-order valence-electron chi connectivity index (χ4n) is 3.39. The fraction of sp³-hybridized carbons (Fsp3) is 0.476. The molecule has 7 nitrogen and oxygen atoms in total. The summed E-state index contributed by atoms with van der Waals surface area (Å²) in [6.07, 6.45) is -3.55. The lowest BCUT2D eigenvalue weighted by atomic mass is 10.1. The molecule has 0 aliphatic carbocycles. The van der Waals surface area contributed by atoms with E-state index in [-0.39, 0.29) is 11.6 Å². The van der Waals surface area contributed by atoms with Crippen LogP contribution in [0.2, 0.25) is 0 Å². The number of carbonyl (C=O) groups excluding carboxylic acids is 1. The Kier molecular flexibility index (Phi) is 7.32. The quantitative estimate of drug-likeness (QED) is 0.673. The number of amides is 1. The van der Waals surface area contributed by atoms with Gasteiger partial charge in [-0.15, -0.1) is 10.2 Å². The van der Waals surface area contributed by atoms with E-state index in [4.69, 9.17) is 0 Å². The van der Waals surface area contributed by atoms with E-state index in [9.17, 15) is 18.0 Å². The van der Waals surface area contributed by atoms with Gasteiger partial charge < -0.3 is 15.1 Å². The number of piperazine rings is 1. The van der Waals surface area contributed by atoms with Crippen molar-refractivity contribution in [3.63, 3.8) is 0 Å². The Morgan fingerprint density at radius 2 is 1.84 bits per heavy atom. The van der Waals surface area contributed by atoms with Crippen molar-refractivity contribution in [1.82, 2.24) is 20.4 Å². The smallest absolute Gasteiger partial charge is 0.369 e. The fourth-order valence-corrected chi connectivity index (χ4v) is 3.39. The van der Waals surface area contributed by atoms with Crippen LogP contribution in [0.3, 0.4) is 0 Å². The summed E-state index contributed by atoms with van der Waals surface area (Å²) in [5.74, 6) is 0.424. The van der Waals surface area contributed by atoms with E-state index < -0.39 is 11.7 Å². The summed E-state index contributed by atoms with van der Waals surface area (Å²) in [7, 11) is 3.70. The standard InChI is InChI=1S/C21H27F3N6O/c1-28(2)19-8-7-18(26-27-19)20(31)25-9-4-10-29-11-13-30(14-12-29)17-6-3-5-16(15-17)21(22,23)24/h3,5-8,15H,4,9-14H2,1-2H3,(H,25,31). The zero-order valence-corrected chi connectivity index (χ0v) is 17.7. The zero-order chi connectivity index (χ0) is 22.4. The molecule has 0 bridgehead atoms. The highest BCUT2D eigenvalue weighted by molar-refractivity contribution is 5.92. The van der Waals surface area contributed by atoms with Crippen molar-refractivity contribution in [1.29, 1.82) is 0 Å². The Bertz CT molecular complexity index is 864. The van der Waals surface area contributed by atoms with Gasteiger partial charge in [0.15, 0.2) is 11.5 Å². The maximum atomic E-state index is 12.9. The van der Waals surface area contributed by atoms with Crippen LogP contribution in [0.5, 0.6) is 0 Å². The summed E-state index contributed by atoms with van der Waals surface area (Å²) in [4.78, 5) is 18.2. The highest BCUT2D eigenvalue weighted by atomic mass is 19.4. The lowest BCUT2D eigenvalue weighted by Gasteiger charge is -2.36. The molecule has 0 unspecified atom stereocenters. The molecule has 1 aromatic heterocycles. The number of hydrogen-bond acceptors (Lipinski definition) is 6. The molecule has 2 aromatic rings. The number of alkyl halides is 3. The molecule has 31 heavy (non-hydrogen) atoms. The topological polar surface area (TPSA) is 64.6 Å². The van der Waals surface area contributed by atoms with E-state index in [1.807, 2.05) is 23.9 Å². The third-order valence-corrected chi connectivity index (χ3v) is 5.19. The molecule has 1 N–H and O–H groups in total. The average molecular weight is 436 g/mol. The number of anilines is 2. The Labute approximate surface area is 179 Å². The molecular formula is C21H27F3N6O. The summed E-state index contributed by atoms with van der Waals surface area (Å²) in [6.45, 7) is 4.19. The van der Waals surface area contributed by atoms with E-state index in [0.717, 1.165) is 32.1 Å². The van der Waals surface area contributed by atoms with Crippen LogP contribution in [0, 0.1) is 0 Å². The number of nitrogens with one attached hydrogen (secondary N) is 1. The second-order valence-corrected chi connectivity index (χ2v) is 7.66. The van der Waals surface area contributed by atoms with E-state index >= 15 is 0 Å². The van der Waals surface area contributed by atoms with Gasteiger partial charge in [-0.1, -0.05) is 6.07 Å². The van der Waals surface area contributed by atoms with Gasteiger partial charge in [0.25, 0.3) is 5.91 Å². The van der Waals surface area contributed by atoms with Gasteiger partial charge >= 0.3 is 6.18 Å². The van der Waals surface area contributed by atoms with Crippen LogP contribution in [0.15, 0.2) is 36.4 Å². The maximum Gasteiger partial charge on any atom is 0.416 e. The van der Waals surface area contributed by atoms with Gasteiger partial charge in [0, 0.05) is 52.5 Å². The van der Waals surface area contributed by atoms with E-state index in [1.165, 1.54) is 12.1 Å². The molecule has 1 aromatic carbocycles. The number of hydrogen-bond donors (Lipinski definition) is 1. The van der Waals surface area contributed by atoms with Crippen LogP contribution in [0.25, 0.3) is 0 Å². The summed E-state index contributed by atoms with van der Waals surface area (Å²) in [5.41, 5.74) is 0.257. The van der Waals surface area contributed by atoms with Crippen molar-refractivity contribution in [3.05, 3.63) is 47.7 Å². The number of carbonyl (C=O) groups is 1. The van der Waals surface area contributed by atoms with Gasteiger partial charge in [-0.3, -0.25) is 9.69 Å². The van der Waals surface area contributed by atoms with Gasteiger partial charge in [0.1, 0.15) is 0 Å². The number of halogens is 3. The van der Waals surface area contributed by atoms with Crippen molar-refractivity contribution in [2.45, 2.75) is 12.6 Å². The first-order valence-electron chi connectivity index (χ1n) is 10.2. The van der Waals surface area contributed by atoms with Crippen molar-refractivity contribution in [3.8, 4) is 0 Å². The second kappa shape index (κ2) is 9.95. The molecular weight excluding hydrogens is 409 g/mol. The molecule has 0 atom stereocenters. The summed E-state index contributed by atoms with van der Waals surface area (Å²) < 4.78 is 38.8. The Morgan fingerprint density at radius 3 is 2.45 bits per heavy atom. The van der Waals surface area contributed by atoms with Gasteiger partial charge in [-0.25, -0.2) is 0 Å². The van der Waals surface area contributed by atoms with Gasteiger partial charge in [0.05, 0.1) is 5.56 Å². The SMILES string of the molecule is CN(C)c1ccc(C(=O)NCCCN2CCN(c3cccc(C(F)(F)F)c3)CC2)nn1. The Hall–Kier alpha value is -2.88. The van der Waals surface area contributed by atoms with E-state index in [0.29, 0.717) is 31.1 Å². The number of benzene rings is 1. The summed E-state index contributed by atoms with van der Waals surface area (Å²) in [5, 5.41) is 10.8. The lowest BCUT2D eigenvalue weighted by Crippen LogP contribution is -2.47. The second-order valence-electron chi connectivity index (χ2n) is 7.66. The largest absolute Gasteiger partial charge is 0.416 e. The molecule has 1 aliphatic rings. The first kappa shape index (κ1) is 22.8. The molecule has 3 rings (SSSR count). The molecule has 2 heterocycles. The van der Waals surface area contributed by atoms with Crippen LogP contribution in [-0.2, 0) is 6.18 Å². The molecule has 168 valence electrons. The molecule has 0 spiro atoms. The van der Waals surface area contributed by atoms with Crippen molar-refractivity contribution in [2.75, 3.05) is 63.2 Å². The first-order chi connectivity index (χ1) is 14.7. The number of aromatic nitrogens is 2.